The Kier molecular flexibility index (Phi) is 5.35. The molecule has 0 aromatic carbocycles. The van der Waals surface area contributed by atoms with Crippen molar-refractivity contribution in [3.63, 3.8) is 0 Å². The molecule has 0 aliphatic carbocycles. The monoisotopic (exact) mass is 254 g/mol. The van der Waals surface area contributed by atoms with Crippen LogP contribution in [-0.2, 0) is 9.53 Å². The number of likely N-dealkylation sites (N-methyl/N-ethyl adjacent to an activating group) is 1. The Bertz CT molecular complexity index is 258. The number of Topliss-reactive ketones (excluding diaryl/α,β-unsaturated/α-hetero) is 1. The summed E-state index contributed by atoms with van der Waals surface area (Å²) in [6, 6.07) is 0.161. The molecule has 1 aliphatic heterocycles. The lowest BCUT2D eigenvalue weighted by Crippen LogP contribution is -2.31. The van der Waals surface area contributed by atoms with Gasteiger partial charge in [0.25, 0.3) is 0 Å². The molecule has 1 atom stereocenters. The Morgan fingerprint density at radius 2 is 2.18 bits per heavy atom. The van der Waals surface area contributed by atoms with E-state index in [4.69, 9.17) is 0 Å². The Morgan fingerprint density at radius 3 is 2.71 bits per heavy atom. The van der Waals surface area contributed by atoms with Gasteiger partial charge in [0.15, 0.2) is 0 Å². The highest BCUT2D eigenvalue weighted by Crippen LogP contribution is 2.15. The van der Waals surface area contributed by atoms with Gasteiger partial charge < -0.3 is 10.2 Å². The highest BCUT2D eigenvalue weighted by molar-refractivity contribution is 5.83. The Balaban J connectivity index is 2.05. The predicted octanol–water partition coefficient (Wildman–Crippen LogP) is 0.776. The molecule has 1 heterocycles. The second-order valence-electron chi connectivity index (χ2n) is 4.21. The van der Waals surface area contributed by atoms with Gasteiger partial charge in [0.1, 0.15) is 5.78 Å². The first kappa shape index (κ1) is 14.4. The fraction of sp³-hybridized carbons (Fsp3) is 0.900. The number of alkyl halides is 3. The summed E-state index contributed by atoms with van der Waals surface area (Å²) in [6.45, 7) is 0.912. The average Bonchev–Trinajstić information content (AvgIpc) is 2.59. The van der Waals surface area contributed by atoms with Gasteiger partial charge in [-0.3, -0.25) is 9.53 Å². The van der Waals surface area contributed by atoms with Crippen LogP contribution in [0.1, 0.15) is 12.8 Å². The Labute approximate surface area is 98.1 Å². The minimum atomic E-state index is -4.56. The quantitative estimate of drug-likeness (QED) is 0.760. The first-order valence-electron chi connectivity index (χ1n) is 5.51. The van der Waals surface area contributed by atoms with E-state index in [2.05, 4.69) is 10.1 Å². The van der Waals surface area contributed by atoms with Gasteiger partial charge in [-0.25, -0.2) is 0 Å². The van der Waals surface area contributed by atoms with Gasteiger partial charge in [-0.2, -0.15) is 0 Å². The third-order valence-electron chi connectivity index (χ3n) is 2.66. The summed E-state index contributed by atoms with van der Waals surface area (Å²) in [5.74, 6) is 0.193. The number of hydrogen-bond acceptors (Lipinski definition) is 4. The molecule has 7 heteroatoms. The third-order valence-corrected chi connectivity index (χ3v) is 2.66. The number of ether oxygens (including phenoxy) is 1. The number of nitrogens with zero attached hydrogens (tertiary/aromatic N) is 1. The van der Waals surface area contributed by atoms with E-state index in [1.165, 1.54) is 0 Å². The number of rotatable bonds is 6. The third kappa shape index (κ3) is 6.60. The molecule has 100 valence electrons. The summed E-state index contributed by atoms with van der Waals surface area (Å²) >= 11 is 0. The molecule has 1 rings (SSSR count). The van der Waals surface area contributed by atoms with Crippen LogP contribution in [0.2, 0.25) is 0 Å². The first-order valence-corrected chi connectivity index (χ1v) is 5.51. The van der Waals surface area contributed by atoms with E-state index >= 15 is 0 Å². The van der Waals surface area contributed by atoms with Crippen LogP contribution in [0, 0.1) is 0 Å². The molecule has 0 aromatic heterocycles. The molecule has 0 saturated carbocycles. The van der Waals surface area contributed by atoms with Gasteiger partial charge in [-0.05, 0) is 20.0 Å². The molecule has 4 nitrogen and oxygen atoms in total. The highest BCUT2D eigenvalue weighted by atomic mass is 19.4. The fourth-order valence-corrected chi connectivity index (χ4v) is 1.69. The lowest BCUT2D eigenvalue weighted by Gasteiger charge is -2.19. The van der Waals surface area contributed by atoms with Gasteiger partial charge in [0, 0.05) is 19.0 Å². The van der Waals surface area contributed by atoms with Crippen LogP contribution in [0.25, 0.3) is 0 Å². The fourth-order valence-electron chi connectivity index (χ4n) is 1.69. The molecule has 1 saturated heterocycles. The molecule has 1 aliphatic rings. The maximum Gasteiger partial charge on any atom is 0.522 e. The number of halogens is 3. The number of hydrogen-bond donors (Lipinski definition) is 1. The van der Waals surface area contributed by atoms with E-state index in [9.17, 15) is 18.0 Å². The standard InChI is InChI=1S/C10H17F3N2O2/c1-15(4-5-17-10(11,12)13)3-2-8-6-9(16)7-14-8/h8,14H,2-7H2,1H3. The smallest absolute Gasteiger partial charge is 0.307 e. The van der Waals surface area contributed by atoms with Gasteiger partial charge >= 0.3 is 6.36 Å². The molecule has 1 N–H and O–H groups in total. The average molecular weight is 254 g/mol. The van der Waals surface area contributed by atoms with E-state index in [-0.39, 0.29) is 25.0 Å². The summed E-state index contributed by atoms with van der Waals surface area (Å²) < 4.78 is 38.8. The number of carbonyl (C=O) groups is 1. The normalized spacial score (nSPS) is 21.5. The maximum absolute atomic E-state index is 11.7. The highest BCUT2D eigenvalue weighted by Gasteiger charge is 2.28. The molecule has 1 fully saturated rings. The predicted molar refractivity (Wildman–Crippen MR) is 55.5 cm³/mol. The Morgan fingerprint density at radius 1 is 1.47 bits per heavy atom. The zero-order chi connectivity index (χ0) is 12.9. The zero-order valence-electron chi connectivity index (χ0n) is 9.72. The molecule has 1 unspecified atom stereocenters. The van der Waals surface area contributed by atoms with Crippen molar-refractivity contribution < 1.29 is 22.7 Å². The van der Waals surface area contributed by atoms with Crippen LogP contribution in [0.5, 0.6) is 0 Å². The van der Waals surface area contributed by atoms with E-state index in [0.717, 1.165) is 6.42 Å². The first-order chi connectivity index (χ1) is 7.87. The van der Waals surface area contributed by atoms with Crippen molar-refractivity contribution in [2.45, 2.75) is 25.2 Å². The summed E-state index contributed by atoms with van der Waals surface area (Å²) in [4.78, 5) is 12.7. The van der Waals surface area contributed by atoms with Gasteiger partial charge in [0.05, 0.1) is 13.2 Å². The van der Waals surface area contributed by atoms with Crippen molar-refractivity contribution in [1.29, 1.82) is 0 Å². The van der Waals surface area contributed by atoms with Crippen molar-refractivity contribution in [2.24, 2.45) is 0 Å². The second kappa shape index (κ2) is 6.32. The van der Waals surface area contributed by atoms with E-state index in [0.29, 0.717) is 19.5 Å². The molecular formula is C10H17F3N2O2. The van der Waals surface area contributed by atoms with Gasteiger partial charge in [-0.15, -0.1) is 13.2 Å². The molecule has 0 amide bonds. The van der Waals surface area contributed by atoms with Crippen molar-refractivity contribution in [3.8, 4) is 0 Å². The number of carbonyl (C=O) groups excluding carboxylic acids is 1. The number of ketones is 1. The van der Waals surface area contributed by atoms with Crippen LogP contribution < -0.4 is 5.32 Å². The molecule has 0 radical (unpaired) electrons. The van der Waals surface area contributed by atoms with Crippen LogP contribution >= 0.6 is 0 Å². The van der Waals surface area contributed by atoms with Gasteiger partial charge in [0.2, 0.25) is 0 Å². The summed E-state index contributed by atoms with van der Waals surface area (Å²) in [5.41, 5.74) is 0. The largest absolute Gasteiger partial charge is 0.522 e. The minimum Gasteiger partial charge on any atom is -0.307 e. The Hall–Kier alpha value is -0.660. The maximum atomic E-state index is 11.7. The van der Waals surface area contributed by atoms with Crippen LogP contribution in [0.4, 0.5) is 13.2 Å². The SMILES string of the molecule is CN(CCOC(F)(F)F)CCC1CC(=O)CN1. The summed E-state index contributed by atoms with van der Waals surface area (Å²) in [6.07, 6.45) is -3.28. The molecular weight excluding hydrogens is 237 g/mol. The summed E-state index contributed by atoms with van der Waals surface area (Å²) in [5, 5.41) is 3.05. The number of nitrogens with one attached hydrogen (secondary N) is 1. The van der Waals surface area contributed by atoms with E-state index in [1.807, 2.05) is 0 Å². The molecule has 0 bridgehead atoms. The molecule has 0 aromatic rings. The summed E-state index contributed by atoms with van der Waals surface area (Å²) in [7, 11) is 1.73. The van der Waals surface area contributed by atoms with Crippen LogP contribution in [-0.4, -0.2) is 56.4 Å². The second-order valence-corrected chi connectivity index (χ2v) is 4.21. The van der Waals surface area contributed by atoms with Crippen molar-refractivity contribution in [2.75, 3.05) is 33.3 Å². The van der Waals surface area contributed by atoms with E-state index in [1.54, 1.807) is 11.9 Å². The van der Waals surface area contributed by atoms with Crippen molar-refractivity contribution in [3.05, 3.63) is 0 Å². The van der Waals surface area contributed by atoms with Crippen LogP contribution in [0.3, 0.4) is 0 Å². The molecule has 17 heavy (non-hydrogen) atoms. The lowest BCUT2D eigenvalue weighted by molar-refractivity contribution is -0.324. The molecule has 0 spiro atoms. The lowest BCUT2D eigenvalue weighted by atomic mass is 10.1. The van der Waals surface area contributed by atoms with Crippen LogP contribution in [0.15, 0.2) is 0 Å². The minimum absolute atomic E-state index is 0.161. The zero-order valence-corrected chi connectivity index (χ0v) is 9.72. The van der Waals surface area contributed by atoms with E-state index < -0.39 is 6.36 Å². The van der Waals surface area contributed by atoms with Gasteiger partial charge in [-0.1, -0.05) is 0 Å². The topological polar surface area (TPSA) is 41.6 Å². The van der Waals surface area contributed by atoms with Crippen molar-refractivity contribution in [1.82, 2.24) is 10.2 Å². The van der Waals surface area contributed by atoms with Crippen molar-refractivity contribution >= 4 is 5.78 Å².